The van der Waals surface area contributed by atoms with Crippen LogP contribution in [0.1, 0.15) is 79.6 Å². The summed E-state index contributed by atoms with van der Waals surface area (Å²) in [4.78, 5) is 25.8. The molecule has 5 nitrogen and oxygen atoms in total. The maximum Gasteiger partial charge on any atom is 0.326 e. The van der Waals surface area contributed by atoms with E-state index in [0.29, 0.717) is 50.3 Å². The molecule has 6 fully saturated rings. The molecule has 1 N–H and O–H groups in total. The van der Waals surface area contributed by atoms with E-state index >= 15 is 8.78 Å². The van der Waals surface area contributed by atoms with Crippen molar-refractivity contribution in [3.05, 3.63) is 29.1 Å². The highest BCUT2D eigenvalue weighted by molar-refractivity contribution is 5.97. The number of hydrogen-bond donors (Lipinski definition) is 1. The molecular weight excluding hydrogens is 416 g/mol. The van der Waals surface area contributed by atoms with E-state index in [1.807, 2.05) is 0 Å². The molecular formula is C25H29F2NO4. The molecule has 5 aliphatic carbocycles. The number of alkyl halides is 1. The molecule has 0 unspecified atom stereocenters. The highest BCUT2D eigenvalue weighted by atomic mass is 19.1. The Kier molecular flexibility index (Phi) is 4.57. The first-order chi connectivity index (χ1) is 15.3. The number of carboxylic acid groups (broad SMARTS) is 1. The number of likely N-dealkylation sites (tertiary alicyclic amines) is 1. The smallest absolute Gasteiger partial charge is 0.326 e. The lowest BCUT2D eigenvalue weighted by atomic mass is 9.53. The van der Waals surface area contributed by atoms with Crippen molar-refractivity contribution in [2.24, 2.45) is 17.8 Å². The Balaban J connectivity index is 1.29. The Morgan fingerprint density at radius 2 is 1.81 bits per heavy atom. The van der Waals surface area contributed by atoms with Crippen LogP contribution in [0.3, 0.4) is 0 Å². The summed E-state index contributed by atoms with van der Waals surface area (Å²) >= 11 is 0. The lowest BCUT2D eigenvalue weighted by molar-refractivity contribution is -0.141. The summed E-state index contributed by atoms with van der Waals surface area (Å²) in [6.45, 7) is 0.323. The van der Waals surface area contributed by atoms with E-state index in [2.05, 4.69) is 0 Å². The minimum absolute atomic E-state index is 0.0693. The molecule has 1 heterocycles. The van der Waals surface area contributed by atoms with Gasteiger partial charge in [-0.05, 0) is 93.1 Å². The Morgan fingerprint density at radius 3 is 2.44 bits per heavy atom. The van der Waals surface area contributed by atoms with E-state index in [1.165, 1.54) is 11.0 Å². The van der Waals surface area contributed by atoms with Gasteiger partial charge in [0.15, 0.2) is 0 Å². The van der Waals surface area contributed by atoms with Gasteiger partial charge < -0.3 is 14.7 Å². The summed E-state index contributed by atoms with van der Waals surface area (Å²) in [5, 5.41) is 9.41. The van der Waals surface area contributed by atoms with Gasteiger partial charge in [0.2, 0.25) is 0 Å². The zero-order chi connectivity index (χ0) is 22.2. The van der Waals surface area contributed by atoms with Crippen molar-refractivity contribution < 1.29 is 28.2 Å². The van der Waals surface area contributed by atoms with Gasteiger partial charge in [-0.25, -0.2) is 13.6 Å². The molecule has 0 radical (unpaired) electrons. The second-order valence-electron chi connectivity index (χ2n) is 10.8. The van der Waals surface area contributed by atoms with Crippen molar-refractivity contribution >= 4 is 11.9 Å². The summed E-state index contributed by atoms with van der Waals surface area (Å²) in [6, 6.07) is 2.01. The second-order valence-corrected chi connectivity index (χ2v) is 10.8. The van der Waals surface area contributed by atoms with Crippen molar-refractivity contribution in [2.75, 3.05) is 6.54 Å². The molecule has 7 rings (SSSR count). The van der Waals surface area contributed by atoms with E-state index in [9.17, 15) is 14.7 Å². The average molecular weight is 446 g/mol. The molecule has 1 aromatic carbocycles. The van der Waals surface area contributed by atoms with Gasteiger partial charge in [-0.3, -0.25) is 4.79 Å². The summed E-state index contributed by atoms with van der Waals surface area (Å²) in [5.41, 5.74) is -0.280. The normalized spacial score (nSPS) is 37.7. The molecule has 172 valence electrons. The van der Waals surface area contributed by atoms with Crippen molar-refractivity contribution in [3.8, 4) is 5.75 Å². The quantitative estimate of drug-likeness (QED) is 0.714. The largest absolute Gasteiger partial charge is 0.489 e. The molecule has 1 aliphatic heterocycles. The topological polar surface area (TPSA) is 66.8 Å². The minimum Gasteiger partial charge on any atom is -0.489 e. The molecule has 0 aromatic heterocycles. The van der Waals surface area contributed by atoms with E-state index in [0.717, 1.165) is 31.2 Å². The summed E-state index contributed by atoms with van der Waals surface area (Å²) in [6.07, 6.45) is 6.54. The van der Waals surface area contributed by atoms with Crippen LogP contribution in [0.2, 0.25) is 0 Å². The second kappa shape index (κ2) is 7.16. The number of nitrogens with zero attached hydrogens (tertiary/aromatic N) is 1. The number of carbonyl (C=O) groups excluding carboxylic acids is 1. The van der Waals surface area contributed by atoms with Crippen LogP contribution in [0.4, 0.5) is 8.78 Å². The Labute approximate surface area is 186 Å². The Morgan fingerprint density at radius 1 is 1.09 bits per heavy atom. The average Bonchev–Trinajstić information content (AvgIpc) is 3.43. The van der Waals surface area contributed by atoms with Gasteiger partial charge in [0.1, 0.15) is 29.4 Å². The predicted octanol–water partition coefficient (Wildman–Crippen LogP) is 4.69. The van der Waals surface area contributed by atoms with Crippen molar-refractivity contribution in [2.45, 2.75) is 81.5 Å². The third-order valence-corrected chi connectivity index (χ3v) is 8.52. The van der Waals surface area contributed by atoms with E-state index < -0.39 is 29.4 Å². The highest BCUT2D eigenvalue weighted by Gasteiger charge is 2.57. The van der Waals surface area contributed by atoms with Crippen LogP contribution in [-0.2, 0) is 4.79 Å². The summed E-state index contributed by atoms with van der Waals surface area (Å²) in [7, 11) is 0. The number of halogens is 2. The number of hydrogen-bond acceptors (Lipinski definition) is 3. The molecule has 1 aromatic rings. The molecule has 5 saturated carbocycles. The Bertz CT molecular complexity index is 961. The van der Waals surface area contributed by atoms with Gasteiger partial charge in [0, 0.05) is 12.6 Å². The number of ether oxygens (including phenoxy) is 1. The molecule has 6 aliphatic rings. The van der Waals surface area contributed by atoms with Crippen LogP contribution in [-0.4, -0.2) is 46.2 Å². The zero-order valence-corrected chi connectivity index (χ0v) is 18.1. The van der Waals surface area contributed by atoms with Gasteiger partial charge in [-0.1, -0.05) is 0 Å². The van der Waals surface area contributed by atoms with Gasteiger partial charge >= 0.3 is 5.97 Å². The molecule has 32 heavy (non-hydrogen) atoms. The van der Waals surface area contributed by atoms with Crippen LogP contribution in [0.5, 0.6) is 5.75 Å². The molecule has 6 atom stereocenters. The van der Waals surface area contributed by atoms with Gasteiger partial charge in [0.05, 0.1) is 5.56 Å². The lowest BCUT2D eigenvalue weighted by Crippen LogP contribution is -2.56. The van der Waals surface area contributed by atoms with Crippen LogP contribution < -0.4 is 4.74 Å². The van der Waals surface area contributed by atoms with E-state index in [1.54, 1.807) is 6.07 Å². The van der Waals surface area contributed by atoms with Crippen molar-refractivity contribution in [1.29, 1.82) is 0 Å². The zero-order valence-electron chi connectivity index (χ0n) is 18.1. The molecule has 7 heteroatoms. The summed E-state index contributed by atoms with van der Waals surface area (Å²) < 4.78 is 36.7. The minimum atomic E-state index is -1.05. The Hall–Kier alpha value is -2.18. The monoisotopic (exact) mass is 445 g/mol. The highest BCUT2D eigenvalue weighted by Crippen LogP contribution is 2.58. The standard InChI is InChI=1S/C25H29F2NO4/c26-19-9-21(32-22-15-6-13-7-16(22)12-25(27,10-13)11-15)17(14-3-4-14)8-18(19)23(29)28-5-1-2-20(28)24(30)31/h8-9,13-16,20,22H,1-7,10-12H2,(H,30,31)/t13-,15+,16-,20-,22+,25-/m0/s1. The predicted molar refractivity (Wildman–Crippen MR) is 112 cm³/mol. The molecule has 4 bridgehead atoms. The van der Waals surface area contributed by atoms with Gasteiger partial charge in [-0.15, -0.1) is 0 Å². The van der Waals surface area contributed by atoms with Crippen molar-refractivity contribution in [3.63, 3.8) is 0 Å². The number of aliphatic carboxylic acids is 1. The third kappa shape index (κ3) is 3.30. The lowest BCUT2D eigenvalue weighted by Gasteiger charge is -2.56. The summed E-state index contributed by atoms with van der Waals surface area (Å²) in [5.74, 6) is -0.775. The van der Waals surface area contributed by atoms with E-state index in [4.69, 9.17) is 4.74 Å². The van der Waals surface area contributed by atoms with Crippen LogP contribution >= 0.6 is 0 Å². The SMILES string of the molecule is O=C(O)[C@@H]1CCCN1C(=O)c1cc(C2CC2)c(O[C@@H]2[C@@H]3C[C@H]4C[C@H]2C[C@](F)(C4)C3)cc1F. The first-order valence-electron chi connectivity index (χ1n) is 12.0. The number of carbonyl (C=O) groups is 2. The fourth-order valence-electron chi connectivity index (χ4n) is 7.19. The number of rotatable bonds is 5. The maximum atomic E-state index is 15.2. The van der Waals surface area contributed by atoms with Crippen molar-refractivity contribution in [1.82, 2.24) is 4.90 Å². The first-order valence-corrected chi connectivity index (χ1v) is 12.0. The molecule has 0 spiro atoms. The fraction of sp³-hybridized carbons (Fsp3) is 0.680. The number of amides is 1. The number of carboxylic acids is 1. The van der Waals surface area contributed by atoms with Gasteiger partial charge in [0.25, 0.3) is 5.91 Å². The first kappa shape index (κ1) is 20.4. The van der Waals surface area contributed by atoms with Gasteiger partial charge in [-0.2, -0.15) is 0 Å². The van der Waals surface area contributed by atoms with Crippen LogP contribution in [0, 0.1) is 23.6 Å². The van der Waals surface area contributed by atoms with E-state index in [-0.39, 0.29) is 29.4 Å². The molecule has 1 amide bonds. The number of benzene rings is 1. The third-order valence-electron chi connectivity index (χ3n) is 8.52. The fourth-order valence-corrected chi connectivity index (χ4v) is 7.19. The molecule has 1 saturated heterocycles. The van der Waals surface area contributed by atoms with Crippen LogP contribution in [0.15, 0.2) is 12.1 Å². The van der Waals surface area contributed by atoms with Crippen LogP contribution in [0.25, 0.3) is 0 Å². The maximum absolute atomic E-state index is 15.2.